The van der Waals surface area contributed by atoms with Gasteiger partial charge in [0.2, 0.25) is 0 Å². The summed E-state index contributed by atoms with van der Waals surface area (Å²) in [6, 6.07) is 1.39. The predicted octanol–water partition coefficient (Wildman–Crippen LogP) is 1.77. The number of hydrogen-bond donors (Lipinski definition) is 1. The van der Waals surface area contributed by atoms with Crippen LogP contribution in [0.15, 0.2) is 0 Å². The lowest BCUT2D eigenvalue weighted by atomic mass is 9.94. The summed E-state index contributed by atoms with van der Waals surface area (Å²) < 4.78 is 0. The molecule has 0 amide bonds. The van der Waals surface area contributed by atoms with E-state index in [9.17, 15) is 5.11 Å². The van der Waals surface area contributed by atoms with Crippen molar-refractivity contribution in [2.75, 3.05) is 6.54 Å². The predicted molar refractivity (Wildman–Crippen MR) is 53.7 cm³/mol. The SMILES string of the molecule is CC1C[C@@H](O)CN1C1CCCCC1. The van der Waals surface area contributed by atoms with Crippen molar-refractivity contribution in [3.05, 3.63) is 0 Å². The van der Waals surface area contributed by atoms with Crippen LogP contribution in [0, 0.1) is 0 Å². The maximum atomic E-state index is 9.56. The maximum absolute atomic E-state index is 9.56. The number of β-amino-alcohol motifs (C(OH)–C–C–N with tert-alkyl or cyclic N) is 1. The molecule has 76 valence electrons. The molecule has 1 heterocycles. The van der Waals surface area contributed by atoms with Crippen LogP contribution in [0.3, 0.4) is 0 Å². The van der Waals surface area contributed by atoms with Gasteiger partial charge in [0, 0.05) is 18.6 Å². The molecule has 1 aliphatic carbocycles. The van der Waals surface area contributed by atoms with Crippen LogP contribution in [-0.2, 0) is 0 Å². The van der Waals surface area contributed by atoms with Crippen molar-refractivity contribution in [3.63, 3.8) is 0 Å². The van der Waals surface area contributed by atoms with E-state index >= 15 is 0 Å². The summed E-state index contributed by atoms with van der Waals surface area (Å²) in [6.07, 6.45) is 7.84. The standard InChI is InChI=1S/C11H21NO/c1-9-7-11(13)8-12(9)10-5-3-2-4-6-10/h9-11,13H,2-8H2,1H3/t9?,11-/m1/s1. The second-order valence-corrected chi connectivity index (χ2v) is 4.73. The monoisotopic (exact) mass is 183 g/mol. The van der Waals surface area contributed by atoms with Crippen LogP contribution in [0.25, 0.3) is 0 Å². The molecule has 0 aromatic heterocycles. The average molecular weight is 183 g/mol. The zero-order chi connectivity index (χ0) is 9.26. The molecule has 2 aliphatic rings. The summed E-state index contributed by atoms with van der Waals surface area (Å²) >= 11 is 0. The number of aliphatic hydroxyl groups is 1. The lowest BCUT2D eigenvalue weighted by molar-refractivity contribution is 0.127. The van der Waals surface area contributed by atoms with Crippen molar-refractivity contribution >= 4 is 0 Å². The third kappa shape index (κ3) is 2.05. The molecule has 2 rings (SSSR count). The Hall–Kier alpha value is -0.0800. The lowest BCUT2D eigenvalue weighted by Gasteiger charge is -2.33. The Labute approximate surface area is 80.9 Å². The summed E-state index contributed by atoms with van der Waals surface area (Å²) in [7, 11) is 0. The number of nitrogens with zero attached hydrogens (tertiary/aromatic N) is 1. The maximum Gasteiger partial charge on any atom is 0.0682 e. The van der Waals surface area contributed by atoms with E-state index < -0.39 is 0 Å². The molecule has 2 heteroatoms. The fourth-order valence-electron chi connectivity index (χ4n) is 2.95. The molecular formula is C11H21NO. The average Bonchev–Trinajstić information content (AvgIpc) is 2.47. The second kappa shape index (κ2) is 3.97. The third-order valence-electron chi connectivity index (χ3n) is 3.64. The molecule has 1 saturated carbocycles. The van der Waals surface area contributed by atoms with E-state index in [1.165, 1.54) is 32.1 Å². The van der Waals surface area contributed by atoms with E-state index in [1.807, 2.05) is 0 Å². The van der Waals surface area contributed by atoms with Gasteiger partial charge in [-0.1, -0.05) is 19.3 Å². The molecule has 0 bridgehead atoms. The quantitative estimate of drug-likeness (QED) is 0.670. The number of hydrogen-bond acceptors (Lipinski definition) is 2. The van der Waals surface area contributed by atoms with Crippen molar-refractivity contribution in [1.82, 2.24) is 4.90 Å². The highest BCUT2D eigenvalue weighted by molar-refractivity contribution is 4.88. The van der Waals surface area contributed by atoms with Crippen molar-refractivity contribution in [2.45, 2.75) is 63.6 Å². The van der Waals surface area contributed by atoms with Gasteiger partial charge >= 0.3 is 0 Å². The van der Waals surface area contributed by atoms with Crippen LogP contribution in [0.4, 0.5) is 0 Å². The van der Waals surface area contributed by atoms with Gasteiger partial charge < -0.3 is 5.11 Å². The molecule has 0 aromatic carbocycles. The first kappa shape index (κ1) is 9.47. The fourth-order valence-corrected chi connectivity index (χ4v) is 2.95. The molecule has 0 spiro atoms. The Morgan fingerprint density at radius 3 is 2.38 bits per heavy atom. The van der Waals surface area contributed by atoms with Gasteiger partial charge in [0.05, 0.1) is 6.10 Å². The summed E-state index contributed by atoms with van der Waals surface area (Å²) in [4.78, 5) is 2.53. The minimum Gasteiger partial charge on any atom is -0.392 e. The Kier molecular flexibility index (Phi) is 2.89. The Morgan fingerprint density at radius 1 is 1.15 bits per heavy atom. The molecular weight excluding hydrogens is 162 g/mol. The zero-order valence-corrected chi connectivity index (χ0v) is 8.58. The zero-order valence-electron chi connectivity index (χ0n) is 8.58. The topological polar surface area (TPSA) is 23.5 Å². The van der Waals surface area contributed by atoms with Gasteiger partial charge in [0.25, 0.3) is 0 Å². The van der Waals surface area contributed by atoms with E-state index in [0.717, 1.165) is 19.0 Å². The van der Waals surface area contributed by atoms with Gasteiger partial charge in [-0.15, -0.1) is 0 Å². The highest BCUT2D eigenvalue weighted by atomic mass is 16.3. The third-order valence-corrected chi connectivity index (χ3v) is 3.64. The second-order valence-electron chi connectivity index (χ2n) is 4.73. The first-order valence-electron chi connectivity index (χ1n) is 5.71. The highest BCUT2D eigenvalue weighted by Gasteiger charge is 2.32. The number of likely N-dealkylation sites (tertiary alicyclic amines) is 1. The van der Waals surface area contributed by atoms with Gasteiger partial charge in [-0.25, -0.2) is 0 Å². The van der Waals surface area contributed by atoms with Gasteiger partial charge in [0.15, 0.2) is 0 Å². The Balaban J connectivity index is 1.91. The molecule has 2 atom stereocenters. The molecule has 0 aromatic rings. The number of rotatable bonds is 1. The van der Waals surface area contributed by atoms with Crippen molar-refractivity contribution in [1.29, 1.82) is 0 Å². The van der Waals surface area contributed by atoms with Crippen molar-refractivity contribution < 1.29 is 5.11 Å². The highest BCUT2D eigenvalue weighted by Crippen LogP contribution is 2.28. The smallest absolute Gasteiger partial charge is 0.0682 e. The van der Waals surface area contributed by atoms with E-state index in [2.05, 4.69) is 11.8 Å². The van der Waals surface area contributed by atoms with E-state index in [-0.39, 0.29) is 6.10 Å². The van der Waals surface area contributed by atoms with Crippen LogP contribution >= 0.6 is 0 Å². The number of aliphatic hydroxyl groups excluding tert-OH is 1. The molecule has 2 nitrogen and oxygen atoms in total. The normalized spacial score (nSPS) is 38.3. The summed E-state index contributed by atoms with van der Waals surface area (Å²) in [6.45, 7) is 3.18. The van der Waals surface area contributed by atoms with Crippen molar-refractivity contribution in [2.24, 2.45) is 0 Å². The first-order chi connectivity index (χ1) is 6.27. The summed E-state index contributed by atoms with van der Waals surface area (Å²) in [5, 5.41) is 9.56. The van der Waals surface area contributed by atoms with Gasteiger partial charge in [-0.3, -0.25) is 4.90 Å². The minimum atomic E-state index is -0.0584. The molecule has 1 saturated heterocycles. The van der Waals surface area contributed by atoms with E-state index in [4.69, 9.17) is 0 Å². The van der Waals surface area contributed by atoms with Crippen LogP contribution in [0.1, 0.15) is 45.4 Å². The molecule has 1 aliphatic heterocycles. The largest absolute Gasteiger partial charge is 0.392 e. The van der Waals surface area contributed by atoms with E-state index in [0.29, 0.717) is 6.04 Å². The van der Waals surface area contributed by atoms with Crippen molar-refractivity contribution in [3.8, 4) is 0 Å². The molecule has 13 heavy (non-hydrogen) atoms. The Bertz CT molecular complexity index is 165. The van der Waals surface area contributed by atoms with Crippen LogP contribution in [0.2, 0.25) is 0 Å². The molecule has 0 radical (unpaired) electrons. The summed E-state index contributed by atoms with van der Waals surface area (Å²) in [5.74, 6) is 0. The first-order valence-corrected chi connectivity index (χ1v) is 5.71. The van der Waals surface area contributed by atoms with Gasteiger partial charge in [0.1, 0.15) is 0 Å². The Morgan fingerprint density at radius 2 is 1.85 bits per heavy atom. The lowest BCUT2D eigenvalue weighted by Crippen LogP contribution is -2.39. The summed E-state index contributed by atoms with van der Waals surface area (Å²) in [5.41, 5.74) is 0. The van der Waals surface area contributed by atoms with Gasteiger partial charge in [-0.05, 0) is 26.2 Å². The van der Waals surface area contributed by atoms with Crippen LogP contribution < -0.4 is 0 Å². The minimum absolute atomic E-state index is 0.0584. The molecule has 1 N–H and O–H groups in total. The fraction of sp³-hybridized carbons (Fsp3) is 1.00. The van der Waals surface area contributed by atoms with Crippen LogP contribution in [-0.4, -0.2) is 34.7 Å². The molecule has 2 fully saturated rings. The van der Waals surface area contributed by atoms with Crippen LogP contribution in [0.5, 0.6) is 0 Å². The molecule has 1 unspecified atom stereocenters. The van der Waals surface area contributed by atoms with Gasteiger partial charge in [-0.2, -0.15) is 0 Å². The van der Waals surface area contributed by atoms with E-state index in [1.54, 1.807) is 0 Å².